The summed E-state index contributed by atoms with van der Waals surface area (Å²) >= 11 is 6.08. The van der Waals surface area contributed by atoms with Gasteiger partial charge in [0.1, 0.15) is 18.1 Å². The predicted molar refractivity (Wildman–Crippen MR) is 120 cm³/mol. The second-order valence-electron chi connectivity index (χ2n) is 7.22. The molecule has 0 spiro atoms. The van der Waals surface area contributed by atoms with Gasteiger partial charge in [-0.3, -0.25) is 9.48 Å². The lowest BCUT2D eigenvalue weighted by Gasteiger charge is -2.08. The van der Waals surface area contributed by atoms with Crippen LogP contribution in [0, 0.1) is 13.8 Å². The van der Waals surface area contributed by atoms with Crippen LogP contribution in [0.25, 0.3) is 0 Å². The Balaban J connectivity index is 1.38. The zero-order chi connectivity index (χ0) is 21.8. The number of furan rings is 1. The summed E-state index contributed by atoms with van der Waals surface area (Å²) in [4.78, 5) is 12.6. The van der Waals surface area contributed by atoms with Crippen molar-refractivity contribution in [2.24, 2.45) is 0 Å². The van der Waals surface area contributed by atoms with E-state index in [0.29, 0.717) is 28.8 Å². The summed E-state index contributed by atoms with van der Waals surface area (Å²) in [6.45, 7) is 4.80. The highest BCUT2D eigenvalue weighted by Crippen LogP contribution is 2.24. The summed E-state index contributed by atoms with van der Waals surface area (Å²) < 4.78 is 13.2. The maximum atomic E-state index is 12.6. The van der Waals surface area contributed by atoms with Crippen LogP contribution in [0.15, 0.2) is 71.1 Å². The molecule has 1 N–H and O–H groups in total. The van der Waals surface area contributed by atoms with Crippen LogP contribution < -0.4 is 10.1 Å². The molecule has 0 aliphatic carbocycles. The Morgan fingerprint density at radius 2 is 1.94 bits per heavy atom. The molecule has 2 aromatic carbocycles. The molecule has 0 saturated carbocycles. The predicted octanol–water partition coefficient (Wildman–Crippen LogP) is 5.63. The molecule has 0 atom stereocenters. The number of nitrogens with zero attached hydrogens (tertiary/aromatic N) is 2. The number of benzene rings is 2. The molecule has 0 bridgehead atoms. The first-order valence-corrected chi connectivity index (χ1v) is 10.2. The fourth-order valence-corrected chi connectivity index (χ4v) is 3.43. The van der Waals surface area contributed by atoms with E-state index in [1.807, 2.05) is 61.0 Å². The van der Waals surface area contributed by atoms with Crippen LogP contribution in [0.3, 0.4) is 0 Å². The molecular weight excluding hydrogens is 414 g/mol. The Hall–Kier alpha value is -3.51. The SMILES string of the molecule is Cc1cc(C)n(Cc2cccc(NC(=O)c3ccc(COc4ccccc4Cl)o3)c2)n1. The van der Waals surface area contributed by atoms with Gasteiger partial charge in [0.25, 0.3) is 5.91 Å². The first kappa shape index (κ1) is 20.8. The maximum absolute atomic E-state index is 12.6. The van der Waals surface area contributed by atoms with Crippen molar-refractivity contribution in [3.8, 4) is 5.75 Å². The van der Waals surface area contributed by atoms with Crippen LogP contribution in [-0.4, -0.2) is 15.7 Å². The quantitative estimate of drug-likeness (QED) is 0.408. The topological polar surface area (TPSA) is 69.3 Å². The number of ether oxygens (including phenoxy) is 1. The van der Waals surface area contributed by atoms with Gasteiger partial charge in [-0.2, -0.15) is 5.10 Å². The molecule has 0 unspecified atom stereocenters. The van der Waals surface area contributed by atoms with Gasteiger partial charge in [-0.05, 0) is 61.9 Å². The van der Waals surface area contributed by atoms with Gasteiger partial charge in [0.2, 0.25) is 0 Å². The third kappa shape index (κ3) is 5.16. The normalized spacial score (nSPS) is 10.8. The number of anilines is 1. The molecule has 2 heterocycles. The third-order valence-electron chi connectivity index (χ3n) is 4.71. The van der Waals surface area contributed by atoms with E-state index in [0.717, 1.165) is 17.0 Å². The number of hydrogen-bond acceptors (Lipinski definition) is 4. The number of hydrogen-bond donors (Lipinski definition) is 1. The zero-order valence-corrected chi connectivity index (χ0v) is 18.0. The fourth-order valence-electron chi connectivity index (χ4n) is 3.24. The molecule has 0 aliphatic rings. The van der Waals surface area contributed by atoms with Gasteiger partial charge >= 0.3 is 0 Å². The molecule has 1 amide bonds. The molecule has 158 valence electrons. The number of amides is 1. The molecule has 0 radical (unpaired) electrons. The van der Waals surface area contributed by atoms with E-state index < -0.39 is 0 Å². The average Bonchev–Trinajstić information content (AvgIpc) is 3.34. The Morgan fingerprint density at radius 1 is 1.10 bits per heavy atom. The average molecular weight is 436 g/mol. The number of aryl methyl sites for hydroxylation is 2. The summed E-state index contributed by atoms with van der Waals surface area (Å²) in [7, 11) is 0. The van der Waals surface area contributed by atoms with E-state index in [2.05, 4.69) is 10.4 Å². The Bertz CT molecular complexity index is 1210. The summed E-state index contributed by atoms with van der Waals surface area (Å²) in [5.41, 5.74) is 3.80. The van der Waals surface area contributed by atoms with Crippen molar-refractivity contribution in [1.29, 1.82) is 0 Å². The lowest BCUT2D eigenvalue weighted by atomic mass is 10.2. The number of carbonyl (C=O) groups is 1. The number of aromatic nitrogens is 2. The first-order valence-electron chi connectivity index (χ1n) is 9.85. The van der Waals surface area contributed by atoms with Gasteiger partial charge in [-0.1, -0.05) is 35.9 Å². The van der Waals surface area contributed by atoms with Crippen molar-refractivity contribution in [2.75, 3.05) is 5.32 Å². The van der Waals surface area contributed by atoms with Crippen LogP contribution in [-0.2, 0) is 13.2 Å². The van der Waals surface area contributed by atoms with Crippen molar-refractivity contribution in [1.82, 2.24) is 9.78 Å². The van der Waals surface area contributed by atoms with Crippen molar-refractivity contribution >= 4 is 23.2 Å². The zero-order valence-electron chi connectivity index (χ0n) is 17.3. The van der Waals surface area contributed by atoms with Gasteiger partial charge < -0.3 is 14.5 Å². The number of rotatable bonds is 7. The highest BCUT2D eigenvalue weighted by Gasteiger charge is 2.13. The van der Waals surface area contributed by atoms with Gasteiger partial charge in [0.05, 0.1) is 17.3 Å². The van der Waals surface area contributed by atoms with Crippen molar-refractivity contribution in [3.63, 3.8) is 0 Å². The number of nitrogens with one attached hydrogen (secondary N) is 1. The molecule has 7 heteroatoms. The van der Waals surface area contributed by atoms with Gasteiger partial charge in [-0.15, -0.1) is 0 Å². The molecule has 31 heavy (non-hydrogen) atoms. The first-order chi connectivity index (χ1) is 15.0. The molecule has 0 saturated heterocycles. The minimum atomic E-state index is -0.327. The van der Waals surface area contributed by atoms with Crippen LogP contribution in [0.4, 0.5) is 5.69 Å². The molecule has 4 rings (SSSR count). The summed E-state index contributed by atoms with van der Waals surface area (Å²) in [6.07, 6.45) is 0. The van der Waals surface area contributed by atoms with Gasteiger partial charge in [0, 0.05) is 11.4 Å². The third-order valence-corrected chi connectivity index (χ3v) is 5.02. The molecule has 4 aromatic rings. The Labute approximate surface area is 185 Å². The second kappa shape index (κ2) is 9.10. The summed E-state index contributed by atoms with van der Waals surface area (Å²) in [6, 6.07) is 20.2. The van der Waals surface area contributed by atoms with Crippen LogP contribution >= 0.6 is 11.6 Å². The van der Waals surface area contributed by atoms with Crippen molar-refractivity contribution < 1.29 is 13.9 Å². The van der Waals surface area contributed by atoms with E-state index in [-0.39, 0.29) is 18.3 Å². The largest absolute Gasteiger partial charge is 0.484 e. The minimum absolute atomic E-state index is 0.176. The monoisotopic (exact) mass is 435 g/mol. The lowest BCUT2D eigenvalue weighted by molar-refractivity contribution is 0.0992. The van der Waals surface area contributed by atoms with E-state index in [1.165, 1.54) is 0 Å². The van der Waals surface area contributed by atoms with E-state index in [4.69, 9.17) is 20.8 Å². The highest BCUT2D eigenvalue weighted by molar-refractivity contribution is 6.32. The summed E-state index contributed by atoms with van der Waals surface area (Å²) in [5, 5.41) is 7.88. The second-order valence-corrected chi connectivity index (χ2v) is 7.63. The molecule has 2 aromatic heterocycles. The van der Waals surface area contributed by atoms with Gasteiger partial charge in [-0.25, -0.2) is 0 Å². The summed E-state index contributed by atoms with van der Waals surface area (Å²) in [5.74, 6) is 0.975. The molecule has 0 aliphatic heterocycles. The molecule has 6 nitrogen and oxygen atoms in total. The number of carbonyl (C=O) groups excluding carboxylic acids is 1. The lowest BCUT2D eigenvalue weighted by Crippen LogP contribution is -2.11. The van der Waals surface area contributed by atoms with Crippen LogP contribution in [0.5, 0.6) is 5.75 Å². The van der Waals surface area contributed by atoms with E-state index in [9.17, 15) is 4.79 Å². The molecule has 0 fully saturated rings. The fraction of sp³-hybridized carbons (Fsp3) is 0.167. The van der Waals surface area contributed by atoms with Crippen molar-refractivity contribution in [2.45, 2.75) is 27.0 Å². The smallest absolute Gasteiger partial charge is 0.291 e. The molecular formula is C24H22ClN3O3. The van der Waals surface area contributed by atoms with Crippen LogP contribution in [0.2, 0.25) is 5.02 Å². The van der Waals surface area contributed by atoms with E-state index in [1.54, 1.807) is 24.3 Å². The Morgan fingerprint density at radius 3 is 2.71 bits per heavy atom. The maximum Gasteiger partial charge on any atom is 0.291 e. The highest BCUT2D eigenvalue weighted by atomic mass is 35.5. The standard InChI is InChI=1S/C24H22ClN3O3/c1-16-12-17(2)28(27-16)14-18-6-5-7-19(13-18)26-24(29)23-11-10-20(31-23)15-30-22-9-4-3-8-21(22)25/h3-13H,14-15H2,1-2H3,(H,26,29). The van der Waals surface area contributed by atoms with Gasteiger partial charge in [0.15, 0.2) is 5.76 Å². The van der Waals surface area contributed by atoms with E-state index >= 15 is 0 Å². The minimum Gasteiger partial charge on any atom is -0.484 e. The van der Waals surface area contributed by atoms with Crippen molar-refractivity contribution in [3.05, 3.63) is 100 Å². The number of halogens is 1. The van der Waals surface area contributed by atoms with Crippen LogP contribution in [0.1, 0.15) is 33.3 Å². The number of para-hydroxylation sites is 1. The Kier molecular flexibility index (Phi) is 6.09.